The van der Waals surface area contributed by atoms with Crippen molar-refractivity contribution in [2.45, 2.75) is 62.8 Å². The van der Waals surface area contributed by atoms with E-state index in [-0.39, 0.29) is 34.3 Å². The maximum atomic E-state index is 13.6. The first-order chi connectivity index (χ1) is 16.8. The van der Waals surface area contributed by atoms with Crippen molar-refractivity contribution in [1.29, 1.82) is 0 Å². The van der Waals surface area contributed by atoms with Gasteiger partial charge in [-0.05, 0) is 36.5 Å². The molecule has 1 aromatic rings. The number of Topliss-reactive ketones (excluding diaryl/α,β-unsaturated/α-hetero) is 2. The van der Waals surface area contributed by atoms with E-state index in [1.54, 1.807) is 6.08 Å². The van der Waals surface area contributed by atoms with Crippen LogP contribution in [0.1, 0.15) is 52.8 Å². The molecule has 0 unspecified atom stereocenters. The van der Waals surface area contributed by atoms with Crippen LogP contribution in [-0.4, -0.2) is 74.4 Å². The number of carbonyl (C=O) groups excluding carboxylic acids is 2. The van der Waals surface area contributed by atoms with Crippen LogP contribution in [0.2, 0.25) is 0 Å². The molecule has 1 heterocycles. The fourth-order valence-corrected chi connectivity index (χ4v) is 5.72. The first-order valence-corrected chi connectivity index (χ1v) is 12.1. The van der Waals surface area contributed by atoms with Crippen molar-refractivity contribution in [2.24, 2.45) is 17.8 Å². The molecule has 1 aromatic carbocycles. The molecule has 0 aromatic heterocycles. The zero-order valence-electron chi connectivity index (χ0n) is 19.1. The Bertz CT molecular complexity index is 1070. The number of benzene rings is 1. The van der Waals surface area contributed by atoms with Crippen LogP contribution in [0.5, 0.6) is 5.75 Å². The van der Waals surface area contributed by atoms with E-state index in [1.807, 2.05) is 6.08 Å². The molecule has 0 radical (unpaired) electrons. The zero-order chi connectivity index (χ0) is 24.9. The molecule has 7 atom stereocenters. The van der Waals surface area contributed by atoms with Gasteiger partial charge in [-0.3, -0.25) is 9.59 Å². The van der Waals surface area contributed by atoms with E-state index < -0.39 is 54.9 Å². The molecule has 5 N–H and O–H groups in total. The maximum Gasteiger partial charge on any atom is 0.229 e. The van der Waals surface area contributed by atoms with Crippen LogP contribution < -0.4 is 4.74 Å². The lowest BCUT2D eigenvalue weighted by Gasteiger charge is -2.40. The number of carbonyl (C=O) groups is 2. The molecule has 3 aliphatic carbocycles. The highest BCUT2D eigenvalue weighted by molar-refractivity contribution is 6.19. The summed E-state index contributed by atoms with van der Waals surface area (Å²) in [5.74, 6) is -2.61. The second kappa shape index (κ2) is 9.48. The van der Waals surface area contributed by atoms with E-state index >= 15 is 0 Å². The SMILES string of the molecule is O=C1c2c(O[C@@H]3O[C@H](CO)[C@@H](O)[C@H](O)[C@H]3O)cccc2C(=O)[C@H]2C=C(C3CCCCC3)C=C(O)[C@@H]12. The molecule has 1 saturated carbocycles. The number of allylic oxidation sites excluding steroid dienone is 4. The van der Waals surface area contributed by atoms with Gasteiger partial charge in [-0.2, -0.15) is 0 Å². The van der Waals surface area contributed by atoms with Gasteiger partial charge in [-0.15, -0.1) is 0 Å². The molecule has 9 heteroatoms. The highest BCUT2D eigenvalue weighted by Gasteiger charge is 2.48. The van der Waals surface area contributed by atoms with Crippen molar-refractivity contribution in [3.63, 3.8) is 0 Å². The van der Waals surface area contributed by atoms with Crippen molar-refractivity contribution < 1.29 is 44.6 Å². The van der Waals surface area contributed by atoms with E-state index in [0.717, 1.165) is 31.3 Å². The second-order valence-corrected chi connectivity index (χ2v) is 9.80. The molecule has 1 saturated heterocycles. The summed E-state index contributed by atoms with van der Waals surface area (Å²) in [5, 5.41) is 50.7. The van der Waals surface area contributed by atoms with Gasteiger partial charge in [0.1, 0.15) is 35.9 Å². The summed E-state index contributed by atoms with van der Waals surface area (Å²) in [7, 11) is 0. The van der Waals surface area contributed by atoms with Crippen molar-refractivity contribution in [3.8, 4) is 5.75 Å². The number of ether oxygens (including phenoxy) is 2. The third-order valence-corrected chi connectivity index (χ3v) is 7.66. The maximum absolute atomic E-state index is 13.6. The molecule has 2 fully saturated rings. The summed E-state index contributed by atoms with van der Waals surface area (Å²) in [5.41, 5.74) is 1.01. The van der Waals surface area contributed by atoms with Gasteiger partial charge in [0.2, 0.25) is 6.29 Å². The van der Waals surface area contributed by atoms with Gasteiger partial charge < -0.3 is 35.0 Å². The van der Waals surface area contributed by atoms with Crippen LogP contribution in [0.3, 0.4) is 0 Å². The fourth-order valence-electron chi connectivity index (χ4n) is 5.72. The first kappa shape index (κ1) is 24.1. The lowest BCUT2D eigenvalue weighted by molar-refractivity contribution is -0.277. The molecule has 0 spiro atoms. The normalized spacial score (nSPS) is 35.6. The lowest BCUT2D eigenvalue weighted by Crippen LogP contribution is -2.60. The van der Waals surface area contributed by atoms with Crippen molar-refractivity contribution in [1.82, 2.24) is 0 Å². The number of hydrogen-bond donors (Lipinski definition) is 5. The Balaban J connectivity index is 1.47. The number of aliphatic hydroxyl groups is 5. The van der Waals surface area contributed by atoms with Gasteiger partial charge in [0.25, 0.3) is 0 Å². The second-order valence-electron chi connectivity index (χ2n) is 9.80. The molecule has 1 aliphatic heterocycles. The number of hydrogen-bond acceptors (Lipinski definition) is 9. The van der Waals surface area contributed by atoms with Crippen molar-refractivity contribution in [3.05, 3.63) is 52.8 Å². The Hall–Kier alpha value is -2.56. The molecular formula is C26H30O9. The Morgan fingerprint density at radius 3 is 2.43 bits per heavy atom. The van der Waals surface area contributed by atoms with E-state index in [9.17, 15) is 35.1 Å². The van der Waals surface area contributed by atoms with Gasteiger partial charge in [-0.1, -0.05) is 37.5 Å². The third-order valence-electron chi connectivity index (χ3n) is 7.66. The molecule has 0 amide bonds. The average molecular weight is 487 g/mol. The highest BCUT2D eigenvalue weighted by atomic mass is 16.7. The number of fused-ring (bicyclic) bond motifs is 2. The zero-order valence-corrected chi connectivity index (χ0v) is 19.1. The molecule has 4 aliphatic rings. The summed E-state index contributed by atoms with van der Waals surface area (Å²) < 4.78 is 11.1. The summed E-state index contributed by atoms with van der Waals surface area (Å²) in [6, 6.07) is 4.49. The molecule has 35 heavy (non-hydrogen) atoms. The smallest absolute Gasteiger partial charge is 0.229 e. The van der Waals surface area contributed by atoms with Crippen molar-refractivity contribution in [2.75, 3.05) is 6.61 Å². The summed E-state index contributed by atoms with van der Waals surface area (Å²) in [6.07, 6.45) is 1.22. The van der Waals surface area contributed by atoms with Crippen molar-refractivity contribution >= 4 is 11.6 Å². The van der Waals surface area contributed by atoms with Gasteiger partial charge in [-0.25, -0.2) is 0 Å². The van der Waals surface area contributed by atoms with Crippen LogP contribution in [-0.2, 0) is 4.74 Å². The van der Waals surface area contributed by atoms with E-state index in [1.165, 1.54) is 24.6 Å². The standard InChI is InChI=1S/C26H30O9/c27-11-18-22(30)24(32)25(33)26(35-18)34-17-8-4-7-14-20(17)23(31)19-15(21(14)29)9-13(10-16(19)28)12-5-2-1-3-6-12/h4,7-10,12,15,18-19,22,24-28,30,32-33H,1-3,5-6,11H2/t15-,18+,19-,22+,24-,25+,26+/m0/s1. The fraction of sp³-hybridized carbons (Fsp3) is 0.538. The Morgan fingerprint density at radius 1 is 0.971 bits per heavy atom. The highest BCUT2D eigenvalue weighted by Crippen LogP contribution is 2.44. The minimum Gasteiger partial charge on any atom is -0.511 e. The first-order valence-electron chi connectivity index (χ1n) is 12.1. The Labute approximate surface area is 202 Å². The molecule has 5 rings (SSSR count). The van der Waals surface area contributed by atoms with Crippen LogP contribution >= 0.6 is 0 Å². The predicted molar refractivity (Wildman–Crippen MR) is 122 cm³/mol. The van der Waals surface area contributed by atoms with E-state index in [4.69, 9.17) is 9.47 Å². The van der Waals surface area contributed by atoms with Gasteiger partial charge >= 0.3 is 0 Å². The minimum atomic E-state index is -1.67. The minimum absolute atomic E-state index is 0.0369. The Morgan fingerprint density at radius 2 is 1.71 bits per heavy atom. The number of aliphatic hydroxyl groups excluding tert-OH is 5. The van der Waals surface area contributed by atoms with Crippen LogP contribution in [0.4, 0.5) is 0 Å². The summed E-state index contributed by atoms with van der Waals surface area (Å²) in [4.78, 5) is 27.1. The van der Waals surface area contributed by atoms with Gasteiger partial charge in [0.05, 0.1) is 24.0 Å². The van der Waals surface area contributed by atoms with E-state index in [2.05, 4.69) is 0 Å². The lowest BCUT2D eigenvalue weighted by atomic mass is 9.68. The molecule has 0 bridgehead atoms. The Kier molecular flexibility index (Phi) is 6.54. The van der Waals surface area contributed by atoms with Crippen LogP contribution in [0.25, 0.3) is 0 Å². The largest absolute Gasteiger partial charge is 0.511 e. The topological polar surface area (TPSA) is 154 Å². The molecule has 188 valence electrons. The molecule has 9 nitrogen and oxygen atoms in total. The van der Waals surface area contributed by atoms with E-state index in [0.29, 0.717) is 0 Å². The molecular weight excluding hydrogens is 456 g/mol. The quantitative estimate of drug-likeness (QED) is 0.425. The van der Waals surface area contributed by atoms with Crippen LogP contribution in [0, 0.1) is 17.8 Å². The summed E-state index contributed by atoms with van der Waals surface area (Å²) >= 11 is 0. The predicted octanol–water partition coefficient (Wildman–Crippen LogP) is 1.44. The third kappa shape index (κ3) is 4.11. The van der Waals surface area contributed by atoms with Crippen LogP contribution in [0.15, 0.2) is 41.7 Å². The van der Waals surface area contributed by atoms with Gasteiger partial charge in [0, 0.05) is 5.56 Å². The number of rotatable bonds is 4. The summed E-state index contributed by atoms with van der Waals surface area (Å²) in [6.45, 7) is -0.632. The average Bonchev–Trinajstić information content (AvgIpc) is 2.87. The monoisotopic (exact) mass is 486 g/mol. The number of ketones is 2. The van der Waals surface area contributed by atoms with Gasteiger partial charge in [0.15, 0.2) is 11.6 Å².